The van der Waals surface area contributed by atoms with Crippen LogP contribution in [0, 0.1) is 0 Å². The molecule has 2 N–H and O–H groups in total. The first-order valence-corrected chi connectivity index (χ1v) is 7.53. The lowest BCUT2D eigenvalue weighted by atomic mass is 10.2. The van der Waals surface area contributed by atoms with Gasteiger partial charge in [-0.05, 0) is 44.2 Å². The van der Waals surface area contributed by atoms with E-state index in [0.29, 0.717) is 13.1 Å². The SMILES string of the molecule is CCc1ccsc1C(=O)NCCNC(=O)OC(C)(C)C. The number of nitrogens with one attached hydrogen (secondary N) is 2. The third-order valence-electron chi connectivity index (χ3n) is 2.41. The highest BCUT2D eigenvalue weighted by Gasteiger charge is 2.16. The van der Waals surface area contributed by atoms with E-state index in [1.165, 1.54) is 11.3 Å². The van der Waals surface area contributed by atoms with Crippen LogP contribution in [0.1, 0.15) is 42.9 Å². The molecule has 0 aliphatic heterocycles. The zero-order chi connectivity index (χ0) is 15.2. The zero-order valence-electron chi connectivity index (χ0n) is 12.4. The number of rotatable bonds is 5. The number of carbonyl (C=O) groups is 2. The van der Waals surface area contributed by atoms with Crippen molar-refractivity contribution in [2.24, 2.45) is 0 Å². The van der Waals surface area contributed by atoms with Gasteiger partial charge in [0.25, 0.3) is 5.91 Å². The molecule has 0 aromatic carbocycles. The van der Waals surface area contributed by atoms with E-state index in [-0.39, 0.29) is 5.91 Å². The van der Waals surface area contributed by atoms with E-state index in [2.05, 4.69) is 10.6 Å². The predicted octanol–water partition coefficient (Wildman–Crippen LogP) is 2.57. The Morgan fingerprint density at radius 2 is 1.90 bits per heavy atom. The van der Waals surface area contributed by atoms with Crippen molar-refractivity contribution in [1.29, 1.82) is 0 Å². The van der Waals surface area contributed by atoms with Crippen LogP contribution < -0.4 is 10.6 Å². The van der Waals surface area contributed by atoms with E-state index >= 15 is 0 Å². The van der Waals surface area contributed by atoms with Gasteiger partial charge in [0.05, 0.1) is 4.88 Å². The molecule has 5 nitrogen and oxygen atoms in total. The molecule has 2 amide bonds. The van der Waals surface area contributed by atoms with Crippen molar-refractivity contribution in [3.8, 4) is 0 Å². The van der Waals surface area contributed by atoms with E-state index in [9.17, 15) is 9.59 Å². The summed E-state index contributed by atoms with van der Waals surface area (Å²) in [4.78, 5) is 24.0. The van der Waals surface area contributed by atoms with E-state index in [0.717, 1.165) is 16.9 Å². The van der Waals surface area contributed by atoms with Gasteiger partial charge in [0.2, 0.25) is 0 Å². The molecule has 0 atom stereocenters. The third kappa shape index (κ3) is 5.61. The number of carbonyl (C=O) groups excluding carboxylic acids is 2. The minimum atomic E-state index is -0.514. The van der Waals surface area contributed by atoms with Crippen LogP contribution in [-0.4, -0.2) is 30.7 Å². The van der Waals surface area contributed by atoms with E-state index in [1.54, 1.807) is 20.8 Å². The second kappa shape index (κ2) is 7.28. The lowest BCUT2D eigenvalue weighted by Crippen LogP contribution is -2.37. The molecule has 0 unspecified atom stereocenters. The van der Waals surface area contributed by atoms with Crippen LogP contribution in [0.15, 0.2) is 11.4 Å². The Hall–Kier alpha value is -1.56. The Labute approximate surface area is 123 Å². The number of amides is 2. The van der Waals surface area contributed by atoms with Gasteiger partial charge in [-0.2, -0.15) is 0 Å². The highest BCUT2D eigenvalue weighted by molar-refractivity contribution is 7.12. The maximum atomic E-state index is 11.9. The number of thiophene rings is 1. The van der Waals surface area contributed by atoms with Crippen molar-refractivity contribution in [3.05, 3.63) is 21.9 Å². The molecule has 0 fully saturated rings. The molecule has 1 aromatic heterocycles. The van der Waals surface area contributed by atoms with Crippen molar-refractivity contribution < 1.29 is 14.3 Å². The molecule has 0 aliphatic rings. The minimum absolute atomic E-state index is 0.0946. The Bertz CT molecular complexity index is 463. The van der Waals surface area contributed by atoms with Crippen LogP contribution in [0.25, 0.3) is 0 Å². The summed E-state index contributed by atoms with van der Waals surface area (Å²) in [7, 11) is 0. The molecule has 0 bridgehead atoms. The fourth-order valence-corrected chi connectivity index (χ4v) is 2.46. The summed E-state index contributed by atoms with van der Waals surface area (Å²) in [5, 5.41) is 7.28. The lowest BCUT2D eigenvalue weighted by molar-refractivity contribution is 0.0526. The fraction of sp³-hybridized carbons (Fsp3) is 0.571. The number of alkyl carbamates (subject to hydrolysis) is 1. The van der Waals surface area contributed by atoms with Gasteiger partial charge in [-0.25, -0.2) is 4.79 Å². The summed E-state index contributed by atoms with van der Waals surface area (Å²) >= 11 is 1.43. The van der Waals surface area contributed by atoms with Crippen molar-refractivity contribution in [2.75, 3.05) is 13.1 Å². The molecule has 0 aliphatic carbocycles. The van der Waals surface area contributed by atoms with Crippen LogP contribution in [0.3, 0.4) is 0 Å². The van der Waals surface area contributed by atoms with E-state index in [4.69, 9.17) is 4.74 Å². The van der Waals surface area contributed by atoms with Crippen LogP contribution in [-0.2, 0) is 11.2 Å². The Morgan fingerprint density at radius 1 is 1.25 bits per heavy atom. The average Bonchev–Trinajstić information content (AvgIpc) is 2.80. The number of hydrogen-bond acceptors (Lipinski definition) is 4. The highest BCUT2D eigenvalue weighted by Crippen LogP contribution is 2.16. The van der Waals surface area contributed by atoms with Crippen LogP contribution in [0.2, 0.25) is 0 Å². The maximum absolute atomic E-state index is 11.9. The molecule has 0 radical (unpaired) electrons. The minimum Gasteiger partial charge on any atom is -0.444 e. The molecule has 1 aromatic rings. The summed E-state index contributed by atoms with van der Waals surface area (Å²) in [5.74, 6) is -0.0946. The van der Waals surface area contributed by atoms with Gasteiger partial charge in [-0.15, -0.1) is 11.3 Å². The number of ether oxygens (including phenoxy) is 1. The predicted molar refractivity (Wildman–Crippen MR) is 80.3 cm³/mol. The largest absolute Gasteiger partial charge is 0.444 e. The van der Waals surface area contributed by atoms with Gasteiger partial charge < -0.3 is 15.4 Å². The van der Waals surface area contributed by atoms with Crippen LogP contribution >= 0.6 is 11.3 Å². The van der Waals surface area contributed by atoms with Crippen molar-refractivity contribution >= 4 is 23.3 Å². The first-order valence-electron chi connectivity index (χ1n) is 6.65. The topological polar surface area (TPSA) is 67.4 Å². The van der Waals surface area contributed by atoms with Gasteiger partial charge in [0.15, 0.2) is 0 Å². The lowest BCUT2D eigenvalue weighted by Gasteiger charge is -2.19. The van der Waals surface area contributed by atoms with Crippen molar-refractivity contribution in [1.82, 2.24) is 10.6 Å². The fourth-order valence-electron chi connectivity index (χ4n) is 1.55. The first kappa shape index (κ1) is 16.5. The van der Waals surface area contributed by atoms with E-state index in [1.807, 2.05) is 18.4 Å². The van der Waals surface area contributed by atoms with Gasteiger partial charge >= 0.3 is 6.09 Å². The molecular formula is C14H22N2O3S. The average molecular weight is 298 g/mol. The molecular weight excluding hydrogens is 276 g/mol. The van der Waals surface area contributed by atoms with Gasteiger partial charge in [0.1, 0.15) is 5.60 Å². The number of aryl methyl sites for hydroxylation is 1. The second-order valence-corrected chi connectivity index (χ2v) is 6.23. The summed E-state index contributed by atoms with van der Waals surface area (Å²) in [6.07, 6.45) is 0.361. The monoisotopic (exact) mass is 298 g/mol. The van der Waals surface area contributed by atoms with Crippen molar-refractivity contribution in [3.63, 3.8) is 0 Å². The second-order valence-electron chi connectivity index (χ2n) is 5.31. The zero-order valence-corrected chi connectivity index (χ0v) is 13.2. The van der Waals surface area contributed by atoms with Crippen LogP contribution in [0.4, 0.5) is 4.79 Å². The molecule has 6 heteroatoms. The summed E-state index contributed by atoms with van der Waals surface area (Å²) < 4.78 is 5.09. The quantitative estimate of drug-likeness (QED) is 0.821. The Kier molecular flexibility index (Phi) is 6.01. The molecule has 112 valence electrons. The molecule has 1 rings (SSSR count). The maximum Gasteiger partial charge on any atom is 0.407 e. The Morgan fingerprint density at radius 3 is 2.50 bits per heavy atom. The molecule has 20 heavy (non-hydrogen) atoms. The van der Waals surface area contributed by atoms with Gasteiger partial charge in [0, 0.05) is 13.1 Å². The van der Waals surface area contributed by atoms with E-state index < -0.39 is 11.7 Å². The summed E-state index contributed by atoms with van der Waals surface area (Å²) in [6.45, 7) is 8.14. The molecule has 1 heterocycles. The Balaban J connectivity index is 2.28. The van der Waals surface area contributed by atoms with Crippen molar-refractivity contribution in [2.45, 2.75) is 39.7 Å². The van der Waals surface area contributed by atoms with Gasteiger partial charge in [-0.1, -0.05) is 6.92 Å². The molecule has 0 saturated carbocycles. The standard InChI is InChI=1S/C14H22N2O3S/c1-5-10-6-9-20-11(10)12(17)15-7-8-16-13(18)19-14(2,3)4/h6,9H,5,7-8H2,1-4H3,(H,15,17)(H,16,18). The normalized spacial score (nSPS) is 11.0. The van der Waals surface area contributed by atoms with Gasteiger partial charge in [-0.3, -0.25) is 4.79 Å². The number of hydrogen-bond donors (Lipinski definition) is 2. The van der Waals surface area contributed by atoms with Crippen LogP contribution in [0.5, 0.6) is 0 Å². The summed E-state index contributed by atoms with van der Waals surface area (Å²) in [6, 6.07) is 1.96. The molecule has 0 saturated heterocycles. The molecule has 0 spiro atoms. The first-order chi connectivity index (χ1) is 9.33. The highest BCUT2D eigenvalue weighted by atomic mass is 32.1. The summed E-state index contributed by atoms with van der Waals surface area (Å²) in [5.41, 5.74) is 0.535. The smallest absolute Gasteiger partial charge is 0.407 e. The third-order valence-corrected chi connectivity index (χ3v) is 3.37.